The maximum Gasteiger partial charge on any atom is 0.434 e. The van der Waals surface area contributed by atoms with Crippen LogP contribution in [0.4, 0.5) is 46.8 Å². The summed E-state index contributed by atoms with van der Waals surface area (Å²) >= 11 is 5.72. The average molecular weight is 804 g/mol. The molecule has 0 aliphatic rings. The number of amides is 2. The summed E-state index contributed by atoms with van der Waals surface area (Å²) in [5.41, 5.74) is -4.27. The Kier molecular flexibility index (Phi) is 12.9. The van der Waals surface area contributed by atoms with Crippen LogP contribution < -0.4 is 25.9 Å². The van der Waals surface area contributed by atoms with E-state index in [9.17, 15) is 44.7 Å². The van der Waals surface area contributed by atoms with E-state index in [1.54, 1.807) is 0 Å². The zero-order chi connectivity index (χ0) is 40.9. The fourth-order valence-electron chi connectivity index (χ4n) is 4.60. The van der Waals surface area contributed by atoms with Crippen LogP contribution in [0, 0.1) is 11.2 Å². The molecule has 4 rings (SSSR count). The fraction of sp³-hybridized carbons (Fsp3) is 0.353. The lowest BCUT2D eigenvalue weighted by atomic mass is 9.97. The molecule has 0 spiro atoms. The van der Waals surface area contributed by atoms with Crippen LogP contribution in [0.3, 0.4) is 0 Å². The number of nitrogens with zero attached hydrogens (tertiary/aromatic N) is 4. The Bertz CT molecular complexity index is 2050. The van der Waals surface area contributed by atoms with Crippen molar-refractivity contribution < 1.29 is 49.4 Å². The first-order chi connectivity index (χ1) is 25.5. The van der Waals surface area contributed by atoms with Gasteiger partial charge in [-0.2, -0.15) is 23.0 Å². The van der Waals surface area contributed by atoms with E-state index in [2.05, 4.69) is 46.5 Å². The highest BCUT2D eigenvalue weighted by Crippen LogP contribution is 2.29. The highest BCUT2D eigenvalue weighted by Gasteiger charge is 2.38. The molecule has 296 valence electrons. The first kappa shape index (κ1) is 42.2. The third-order valence-electron chi connectivity index (χ3n) is 7.20. The number of halogens is 9. The van der Waals surface area contributed by atoms with E-state index in [4.69, 9.17) is 11.6 Å². The summed E-state index contributed by atoms with van der Waals surface area (Å²) in [6.07, 6.45) is -10.6. The second-order valence-corrected chi connectivity index (χ2v) is 14.3. The fourth-order valence-corrected chi connectivity index (χ4v) is 4.71. The SMILES string of the molecule is CC(C)(C)CN=C(NC(=O)c1ccc(C(F)F)cc1)Nc1cc(C(F)(F)F)[nH][n+]1CC(C)(C)N=C(NC(=O)c1ccc(Cl)c(F)c1)Nc1cc(C(F)F)[nH]n1. The molecule has 0 aliphatic heterocycles. The minimum absolute atomic E-state index is 0.0379. The number of hydrogen-bond donors (Lipinski definition) is 6. The number of guanidine groups is 2. The lowest BCUT2D eigenvalue weighted by molar-refractivity contribution is -0.743. The molecule has 0 radical (unpaired) electrons. The molecule has 0 aliphatic carbocycles. The first-order valence-corrected chi connectivity index (χ1v) is 16.6. The summed E-state index contributed by atoms with van der Waals surface area (Å²) in [5.74, 6) is -3.81. The average Bonchev–Trinajstić information content (AvgIpc) is 3.71. The van der Waals surface area contributed by atoms with Crippen LogP contribution >= 0.6 is 11.6 Å². The topological polar surface area (TPSA) is 155 Å². The van der Waals surface area contributed by atoms with Crippen molar-refractivity contribution in [1.82, 2.24) is 25.9 Å². The van der Waals surface area contributed by atoms with E-state index in [1.807, 2.05) is 20.8 Å². The van der Waals surface area contributed by atoms with E-state index in [-0.39, 0.29) is 45.9 Å². The Hall–Kier alpha value is -5.53. The van der Waals surface area contributed by atoms with Gasteiger partial charge in [0.05, 0.1) is 16.6 Å². The maximum atomic E-state index is 14.1. The largest absolute Gasteiger partial charge is 0.434 e. The van der Waals surface area contributed by atoms with Gasteiger partial charge >= 0.3 is 12.0 Å². The van der Waals surface area contributed by atoms with Gasteiger partial charge in [0.1, 0.15) is 18.1 Å². The number of benzene rings is 2. The van der Waals surface area contributed by atoms with Gasteiger partial charge in [-0.3, -0.25) is 25.3 Å². The molecule has 21 heteroatoms. The number of alkyl halides is 7. The molecule has 0 bridgehead atoms. The van der Waals surface area contributed by atoms with Crippen molar-refractivity contribution in [3.8, 4) is 0 Å². The molecule has 2 heterocycles. The maximum absolute atomic E-state index is 14.1. The molecular weight excluding hydrogens is 768 g/mol. The predicted octanol–water partition coefficient (Wildman–Crippen LogP) is 7.63. The smallest absolute Gasteiger partial charge is 0.309 e. The van der Waals surface area contributed by atoms with Crippen LogP contribution in [-0.2, 0) is 12.7 Å². The molecule has 2 amide bonds. The minimum atomic E-state index is -4.88. The van der Waals surface area contributed by atoms with Crippen molar-refractivity contribution in [3.05, 3.63) is 93.5 Å². The lowest BCUT2D eigenvalue weighted by Gasteiger charge is -2.21. The lowest BCUT2D eigenvalue weighted by Crippen LogP contribution is -2.50. The molecule has 0 fully saturated rings. The molecule has 2 aromatic heterocycles. The Labute approximate surface area is 313 Å². The molecule has 4 aromatic rings. The van der Waals surface area contributed by atoms with Gasteiger partial charge in [0.25, 0.3) is 30.6 Å². The normalized spacial score (nSPS) is 13.0. The Balaban J connectivity index is 1.70. The van der Waals surface area contributed by atoms with E-state index in [0.29, 0.717) is 6.07 Å². The van der Waals surface area contributed by atoms with E-state index in [1.165, 1.54) is 19.9 Å². The molecule has 55 heavy (non-hydrogen) atoms. The Morgan fingerprint density at radius 2 is 1.47 bits per heavy atom. The summed E-state index contributed by atoms with van der Waals surface area (Å²) in [6, 6.07) is 9.23. The first-order valence-electron chi connectivity index (χ1n) is 16.2. The van der Waals surface area contributed by atoms with Gasteiger partial charge in [0.2, 0.25) is 5.96 Å². The second kappa shape index (κ2) is 16.9. The molecule has 0 saturated heterocycles. The monoisotopic (exact) mass is 803 g/mol. The molecule has 0 unspecified atom stereocenters. The van der Waals surface area contributed by atoms with Gasteiger partial charge in [0.15, 0.2) is 11.5 Å². The summed E-state index contributed by atoms with van der Waals surface area (Å²) in [5, 5.41) is 17.9. The van der Waals surface area contributed by atoms with E-state index >= 15 is 0 Å². The van der Waals surface area contributed by atoms with Crippen LogP contribution in [-0.4, -0.2) is 51.1 Å². The second-order valence-electron chi connectivity index (χ2n) is 13.9. The van der Waals surface area contributed by atoms with Gasteiger partial charge in [0, 0.05) is 29.3 Å². The van der Waals surface area contributed by atoms with Crippen molar-refractivity contribution in [2.75, 3.05) is 17.2 Å². The number of anilines is 2. The number of aliphatic imine (C=N–C) groups is 2. The van der Waals surface area contributed by atoms with Gasteiger partial charge < -0.3 is 5.32 Å². The number of carbonyl (C=O) groups excluding carboxylic acids is 2. The number of hydrogen-bond acceptors (Lipinski definition) is 5. The van der Waals surface area contributed by atoms with Crippen molar-refractivity contribution >= 4 is 47.0 Å². The number of carbonyl (C=O) groups is 2. The van der Waals surface area contributed by atoms with Gasteiger partial charge in [-0.15, -0.1) is 0 Å². The molecule has 0 atom stereocenters. The quantitative estimate of drug-likeness (QED) is 0.0421. The molecule has 2 aromatic carbocycles. The number of nitrogens with one attached hydrogen (secondary N) is 6. The highest BCUT2D eigenvalue weighted by atomic mass is 35.5. The number of aromatic amines is 2. The summed E-state index contributed by atoms with van der Waals surface area (Å²) in [4.78, 5) is 35.0. The summed E-state index contributed by atoms with van der Waals surface area (Å²) in [7, 11) is 0. The van der Waals surface area contributed by atoms with Gasteiger partial charge in [-0.1, -0.05) is 44.5 Å². The van der Waals surface area contributed by atoms with E-state index < -0.39 is 71.5 Å². The van der Waals surface area contributed by atoms with Gasteiger partial charge in [-0.05, 0) is 49.6 Å². The molecule has 0 saturated carbocycles. The standard InChI is InChI=1S/C34H35ClF8N10O2/c1-32(2,3)15-44-30(47-28(54)18-8-6-17(7-9-18)26(37)38)46-25-14-23(34(41,42)43)52-53(25)16-33(4,5)49-31(45-24-13-22(27(39)40)50-51-24)48-29(55)19-10-11-20(35)21(36)12-19/h6-14,26-27H,15-16H2,1-5H3,(H5,44,45,46,47,48,49,50,51,52,54,55)/p+1. The van der Waals surface area contributed by atoms with Crippen molar-refractivity contribution in [3.63, 3.8) is 0 Å². The van der Waals surface area contributed by atoms with Crippen molar-refractivity contribution in [2.45, 2.75) is 65.7 Å². The van der Waals surface area contributed by atoms with Crippen LogP contribution in [0.1, 0.15) is 85.1 Å². The molecular formula is C34H36ClF8N10O2+. The van der Waals surface area contributed by atoms with Crippen LogP contribution in [0.25, 0.3) is 0 Å². The third-order valence-corrected chi connectivity index (χ3v) is 7.51. The Morgan fingerprint density at radius 3 is 2.04 bits per heavy atom. The van der Waals surface area contributed by atoms with Crippen molar-refractivity contribution in [2.24, 2.45) is 15.4 Å². The van der Waals surface area contributed by atoms with Crippen LogP contribution in [0.5, 0.6) is 0 Å². The number of rotatable bonds is 10. The van der Waals surface area contributed by atoms with Crippen molar-refractivity contribution in [1.29, 1.82) is 0 Å². The van der Waals surface area contributed by atoms with Gasteiger partial charge in [-0.25, -0.2) is 42.4 Å². The number of aromatic nitrogens is 4. The van der Waals surface area contributed by atoms with Crippen LogP contribution in [0.15, 0.2) is 64.6 Å². The Morgan fingerprint density at radius 1 is 0.855 bits per heavy atom. The molecule has 6 N–H and O–H groups in total. The number of H-pyrrole nitrogens is 2. The predicted molar refractivity (Wildman–Crippen MR) is 188 cm³/mol. The third kappa shape index (κ3) is 12.2. The van der Waals surface area contributed by atoms with E-state index in [0.717, 1.165) is 47.1 Å². The highest BCUT2D eigenvalue weighted by molar-refractivity contribution is 6.30. The summed E-state index contributed by atoms with van der Waals surface area (Å²) in [6.45, 7) is 8.07. The zero-order valence-corrected chi connectivity index (χ0v) is 30.5. The summed E-state index contributed by atoms with van der Waals surface area (Å²) < 4.78 is 110. The zero-order valence-electron chi connectivity index (χ0n) is 29.8. The molecule has 12 nitrogen and oxygen atoms in total. The minimum Gasteiger partial charge on any atom is -0.309 e. The van der Waals surface area contributed by atoms with Crippen LogP contribution in [0.2, 0.25) is 5.02 Å².